The average molecular weight is 149 g/mol. The van der Waals surface area contributed by atoms with E-state index in [-0.39, 0.29) is 6.10 Å². The molecule has 0 spiro atoms. The molecule has 0 saturated carbocycles. The predicted octanol–water partition coefficient (Wildman–Crippen LogP) is 1.45. The molecule has 1 aromatic heterocycles. The topological polar surface area (TPSA) is 33.1 Å². The van der Waals surface area contributed by atoms with E-state index in [0.717, 1.165) is 24.8 Å². The van der Waals surface area contributed by atoms with Crippen LogP contribution in [0.2, 0.25) is 0 Å². The summed E-state index contributed by atoms with van der Waals surface area (Å²) in [5.74, 6) is 0. The number of nitrogens with zero attached hydrogens (tertiary/aromatic N) is 1. The lowest BCUT2D eigenvalue weighted by Gasteiger charge is -2.19. The van der Waals surface area contributed by atoms with Crippen molar-refractivity contribution < 1.29 is 5.11 Å². The fourth-order valence-corrected chi connectivity index (χ4v) is 1.61. The Morgan fingerprint density at radius 3 is 3.27 bits per heavy atom. The third-order valence-corrected chi connectivity index (χ3v) is 2.22. The second-order valence-corrected chi connectivity index (χ2v) is 2.98. The van der Waals surface area contributed by atoms with Gasteiger partial charge in [-0.2, -0.15) is 0 Å². The van der Waals surface area contributed by atoms with Gasteiger partial charge in [-0.15, -0.1) is 0 Å². The van der Waals surface area contributed by atoms with E-state index in [2.05, 4.69) is 4.98 Å². The van der Waals surface area contributed by atoms with Crippen LogP contribution in [0, 0.1) is 0 Å². The molecule has 1 atom stereocenters. The number of aryl methyl sites for hydroxylation is 1. The van der Waals surface area contributed by atoms with Crippen molar-refractivity contribution >= 4 is 0 Å². The van der Waals surface area contributed by atoms with Crippen molar-refractivity contribution in [1.29, 1.82) is 0 Å². The van der Waals surface area contributed by atoms with E-state index in [1.54, 1.807) is 6.20 Å². The standard InChI is InChI=1S/C9H11NO/c11-9-3-1-2-7-6-10-5-4-8(7)9/h4-6,9,11H,1-3H2/t9-/m1/s1. The molecule has 0 amide bonds. The van der Waals surface area contributed by atoms with Gasteiger partial charge < -0.3 is 5.11 Å². The summed E-state index contributed by atoms with van der Waals surface area (Å²) in [6, 6.07) is 1.92. The number of fused-ring (bicyclic) bond motifs is 1. The minimum absolute atomic E-state index is 0.248. The van der Waals surface area contributed by atoms with Gasteiger partial charge in [-0.3, -0.25) is 4.98 Å². The summed E-state index contributed by atoms with van der Waals surface area (Å²) >= 11 is 0. The normalized spacial score (nSPS) is 22.8. The molecular formula is C9H11NO. The summed E-state index contributed by atoms with van der Waals surface area (Å²) in [7, 11) is 0. The van der Waals surface area contributed by atoms with E-state index in [9.17, 15) is 5.11 Å². The van der Waals surface area contributed by atoms with Crippen LogP contribution >= 0.6 is 0 Å². The number of pyridine rings is 1. The minimum Gasteiger partial charge on any atom is -0.388 e. The van der Waals surface area contributed by atoms with Gasteiger partial charge in [-0.05, 0) is 36.5 Å². The van der Waals surface area contributed by atoms with Crippen LogP contribution in [0.5, 0.6) is 0 Å². The molecule has 0 fully saturated rings. The molecular weight excluding hydrogens is 138 g/mol. The monoisotopic (exact) mass is 149 g/mol. The first-order valence-electron chi connectivity index (χ1n) is 3.99. The highest BCUT2D eigenvalue weighted by Gasteiger charge is 2.16. The van der Waals surface area contributed by atoms with Gasteiger partial charge >= 0.3 is 0 Å². The summed E-state index contributed by atoms with van der Waals surface area (Å²) in [4.78, 5) is 4.02. The molecule has 1 aliphatic rings. The van der Waals surface area contributed by atoms with Crippen LogP contribution in [0.25, 0.3) is 0 Å². The fraction of sp³-hybridized carbons (Fsp3) is 0.444. The highest BCUT2D eigenvalue weighted by atomic mass is 16.3. The highest BCUT2D eigenvalue weighted by Crippen LogP contribution is 2.27. The van der Waals surface area contributed by atoms with E-state index >= 15 is 0 Å². The maximum Gasteiger partial charge on any atom is 0.0793 e. The lowest BCUT2D eigenvalue weighted by Crippen LogP contribution is -2.08. The summed E-state index contributed by atoms with van der Waals surface area (Å²) in [6.07, 6.45) is 6.41. The molecule has 0 saturated heterocycles. The fourth-order valence-electron chi connectivity index (χ4n) is 1.61. The Morgan fingerprint density at radius 1 is 1.55 bits per heavy atom. The maximum atomic E-state index is 9.53. The molecule has 1 aromatic rings. The highest BCUT2D eigenvalue weighted by molar-refractivity contribution is 5.27. The summed E-state index contributed by atoms with van der Waals surface area (Å²) in [6.45, 7) is 0. The predicted molar refractivity (Wildman–Crippen MR) is 42.1 cm³/mol. The second kappa shape index (κ2) is 2.62. The Labute approximate surface area is 65.9 Å². The van der Waals surface area contributed by atoms with Gasteiger partial charge in [0, 0.05) is 12.4 Å². The number of aliphatic hydroxyl groups excluding tert-OH is 1. The van der Waals surface area contributed by atoms with Gasteiger partial charge in [0.1, 0.15) is 0 Å². The van der Waals surface area contributed by atoms with Crippen molar-refractivity contribution in [3.63, 3.8) is 0 Å². The van der Waals surface area contributed by atoms with Crippen LogP contribution in [0.3, 0.4) is 0 Å². The van der Waals surface area contributed by atoms with Crippen molar-refractivity contribution in [1.82, 2.24) is 4.98 Å². The first-order valence-corrected chi connectivity index (χ1v) is 3.99. The van der Waals surface area contributed by atoms with Crippen molar-refractivity contribution in [2.75, 3.05) is 0 Å². The largest absolute Gasteiger partial charge is 0.388 e. The molecule has 1 N–H and O–H groups in total. The van der Waals surface area contributed by atoms with Gasteiger partial charge in [-0.25, -0.2) is 0 Å². The van der Waals surface area contributed by atoms with Crippen LogP contribution in [-0.4, -0.2) is 10.1 Å². The van der Waals surface area contributed by atoms with Crippen LogP contribution < -0.4 is 0 Å². The van der Waals surface area contributed by atoms with Gasteiger partial charge in [0.25, 0.3) is 0 Å². The molecule has 0 bridgehead atoms. The van der Waals surface area contributed by atoms with Crippen molar-refractivity contribution in [2.45, 2.75) is 25.4 Å². The number of aliphatic hydroxyl groups is 1. The van der Waals surface area contributed by atoms with Crippen LogP contribution in [-0.2, 0) is 6.42 Å². The number of rotatable bonds is 0. The van der Waals surface area contributed by atoms with E-state index in [1.165, 1.54) is 5.56 Å². The van der Waals surface area contributed by atoms with E-state index in [4.69, 9.17) is 0 Å². The summed E-state index contributed by atoms with van der Waals surface area (Å²) in [5, 5.41) is 9.53. The second-order valence-electron chi connectivity index (χ2n) is 2.98. The SMILES string of the molecule is O[C@@H]1CCCc2cnccc21. The lowest BCUT2D eigenvalue weighted by molar-refractivity contribution is 0.156. The van der Waals surface area contributed by atoms with Crippen molar-refractivity contribution in [3.05, 3.63) is 29.6 Å². The molecule has 0 radical (unpaired) electrons. The van der Waals surface area contributed by atoms with Gasteiger partial charge in [-0.1, -0.05) is 0 Å². The molecule has 2 nitrogen and oxygen atoms in total. The molecule has 11 heavy (non-hydrogen) atoms. The van der Waals surface area contributed by atoms with Crippen LogP contribution in [0.1, 0.15) is 30.1 Å². The zero-order valence-electron chi connectivity index (χ0n) is 6.33. The average Bonchev–Trinajstić information content (AvgIpc) is 2.06. The molecule has 0 aliphatic heterocycles. The zero-order chi connectivity index (χ0) is 7.68. The Morgan fingerprint density at radius 2 is 2.45 bits per heavy atom. The first kappa shape index (κ1) is 6.80. The molecule has 2 rings (SSSR count). The molecule has 58 valence electrons. The number of hydrogen-bond acceptors (Lipinski definition) is 2. The molecule has 0 aromatic carbocycles. The summed E-state index contributed by atoms with van der Waals surface area (Å²) in [5.41, 5.74) is 2.29. The van der Waals surface area contributed by atoms with Crippen LogP contribution in [0.4, 0.5) is 0 Å². The van der Waals surface area contributed by atoms with Crippen molar-refractivity contribution in [3.8, 4) is 0 Å². The Hall–Kier alpha value is -0.890. The summed E-state index contributed by atoms with van der Waals surface area (Å²) < 4.78 is 0. The number of aromatic nitrogens is 1. The Kier molecular flexibility index (Phi) is 1.62. The van der Waals surface area contributed by atoms with Crippen molar-refractivity contribution in [2.24, 2.45) is 0 Å². The maximum absolute atomic E-state index is 9.53. The lowest BCUT2D eigenvalue weighted by atomic mass is 9.91. The van der Waals surface area contributed by atoms with Crippen LogP contribution in [0.15, 0.2) is 18.5 Å². The smallest absolute Gasteiger partial charge is 0.0793 e. The molecule has 1 heterocycles. The molecule has 1 aliphatic carbocycles. The van der Waals surface area contributed by atoms with Gasteiger partial charge in [0.2, 0.25) is 0 Å². The minimum atomic E-state index is -0.248. The molecule has 0 unspecified atom stereocenters. The Bertz CT molecular complexity index is 259. The Balaban J connectivity index is 2.44. The first-order chi connectivity index (χ1) is 5.38. The zero-order valence-corrected chi connectivity index (χ0v) is 6.33. The van der Waals surface area contributed by atoms with Gasteiger partial charge in [0.05, 0.1) is 6.10 Å². The quantitative estimate of drug-likeness (QED) is 0.605. The van der Waals surface area contributed by atoms with E-state index in [0.29, 0.717) is 0 Å². The third kappa shape index (κ3) is 1.14. The number of hydrogen-bond donors (Lipinski definition) is 1. The third-order valence-electron chi connectivity index (χ3n) is 2.22. The molecule has 2 heteroatoms. The van der Waals surface area contributed by atoms with E-state index in [1.807, 2.05) is 12.3 Å². The van der Waals surface area contributed by atoms with E-state index < -0.39 is 0 Å². The van der Waals surface area contributed by atoms with Gasteiger partial charge in [0.15, 0.2) is 0 Å².